The maximum absolute atomic E-state index is 11.6. The van der Waals surface area contributed by atoms with Gasteiger partial charge in [0.05, 0.1) is 12.1 Å². The Morgan fingerprint density at radius 1 is 1.50 bits per heavy atom. The van der Waals surface area contributed by atoms with Crippen LogP contribution in [0.25, 0.3) is 0 Å². The van der Waals surface area contributed by atoms with E-state index in [1.807, 2.05) is 0 Å². The summed E-state index contributed by atoms with van der Waals surface area (Å²) in [6.45, 7) is 0.283. The van der Waals surface area contributed by atoms with Gasteiger partial charge in [-0.05, 0) is 0 Å². The monoisotopic (exact) mass is 153 g/mol. The van der Waals surface area contributed by atoms with Gasteiger partial charge >= 0.3 is 6.18 Å². The fourth-order valence-electron chi connectivity index (χ4n) is 0.698. The summed E-state index contributed by atoms with van der Waals surface area (Å²) in [7, 11) is 0. The van der Waals surface area contributed by atoms with Crippen molar-refractivity contribution in [1.82, 2.24) is 0 Å². The van der Waals surface area contributed by atoms with E-state index in [9.17, 15) is 13.2 Å². The number of nitrogens with zero attached hydrogens (tertiary/aromatic N) is 1. The second-order valence-corrected chi connectivity index (χ2v) is 2.03. The summed E-state index contributed by atoms with van der Waals surface area (Å²) in [6.07, 6.45) is -4.78. The van der Waals surface area contributed by atoms with E-state index in [2.05, 4.69) is 9.99 Å². The summed E-state index contributed by atoms with van der Waals surface area (Å²) in [5.74, 6) is 0. The van der Waals surface area contributed by atoms with Crippen LogP contribution in [-0.2, 0) is 4.84 Å². The van der Waals surface area contributed by atoms with E-state index >= 15 is 0 Å². The molecule has 0 aromatic rings. The van der Waals surface area contributed by atoms with Crippen LogP contribution in [0.3, 0.4) is 0 Å². The molecule has 58 valence electrons. The molecule has 1 heterocycles. The van der Waals surface area contributed by atoms with Gasteiger partial charge in [0, 0.05) is 6.42 Å². The van der Waals surface area contributed by atoms with Crippen LogP contribution >= 0.6 is 0 Å². The van der Waals surface area contributed by atoms with Gasteiger partial charge in [0.1, 0.15) is 6.61 Å². The minimum absolute atomic E-state index is 0.0903. The van der Waals surface area contributed by atoms with Crippen LogP contribution in [0.15, 0.2) is 5.16 Å². The highest BCUT2D eigenvalue weighted by Crippen LogP contribution is 2.22. The smallest absolute Gasteiger partial charge is 0.394 e. The maximum atomic E-state index is 11.6. The van der Waals surface area contributed by atoms with E-state index in [1.165, 1.54) is 0 Å². The van der Waals surface area contributed by atoms with Crippen LogP contribution in [0.1, 0.15) is 12.8 Å². The normalized spacial score (nSPS) is 18.5. The van der Waals surface area contributed by atoms with E-state index < -0.39 is 12.6 Å². The predicted molar refractivity (Wildman–Crippen MR) is 28.7 cm³/mol. The van der Waals surface area contributed by atoms with Crippen LogP contribution in [0.4, 0.5) is 13.2 Å². The highest BCUT2D eigenvalue weighted by Gasteiger charge is 2.31. The van der Waals surface area contributed by atoms with Crippen molar-refractivity contribution < 1.29 is 18.0 Å². The molecule has 5 heteroatoms. The zero-order chi connectivity index (χ0) is 7.61. The molecule has 0 aliphatic carbocycles. The van der Waals surface area contributed by atoms with Crippen LogP contribution in [0, 0.1) is 0 Å². The molecule has 0 saturated heterocycles. The summed E-state index contributed by atoms with van der Waals surface area (Å²) in [4.78, 5) is 4.39. The molecule has 0 bridgehead atoms. The van der Waals surface area contributed by atoms with E-state index in [0.717, 1.165) is 0 Å². The third-order valence-corrected chi connectivity index (χ3v) is 1.08. The van der Waals surface area contributed by atoms with Gasteiger partial charge in [-0.3, -0.25) is 0 Å². The molecule has 0 N–H and O–H groups in total. The lowest BCUT2D eigenvalue weighted by atomic mass is 10.2. The van der Waals surface area contributed by atoms with Gasteiger partial charge in [0.2, 0.25) is 0 Å². The van der Waals surface area contributed by atoms with Crippen molar-refractivity contribution in [1.29, 1.82) is 0 Å². The molecule has 0 radical (unpaired) electrons. The van der Waals surface area contributed by atoms with Crippen molar-refractivity contribution in [3.05, 3.63) is 0 Å². The van der Waals surface area contributed by atoms with Crippen LogP contribution in [0.5, 0.6) is 0 Å². The highest BCUT2D eigenvalue weighted by atomic mass is 19.4. The van der Waals surface area contributed by atoms with Gasteiger partial charge in [-0.2, -0.15) is 13.2 Å². The molecular weight excluding hydrogens is 147 g/mol. The van der Waals surface area contributed by atoms with Crippen LogP contribution < -0.4 is 0 Å². The Morgan fingerprint density at radius 3 is 2.60 bits per heavy atom. The van der Waals surface area contributed by atoms with Crippen molar-refractivity contribution in [3.8, 4) is 0 Å². The molecule has 10 heavy (non-hydrogen) atoms. The van der Waals surface area contributed by atoms with E-state index in [0.29, 0.717) is 6.42 Å². The topological polar surface area (TPSA) is 21.6 Å². The minimum Gasteiger partial charge on any atom is -0.395 e. The molecule has 1 rings (SSSR count). The first-order chi connectivity index (χ1) is 4.58. The van der Waals surface area contributed by atoms with E-state index in [-0.39, 0.29) is 12.3 Å². The zero-order valence-corrected chi connectivity index (χ0v) is 5.11. The Bertz CT molecular complexity index is 151. The molecule has 0 atom stereocenters. The first kappa shape index (κ1) is 7.37. The minimum atomic E-state index is -4.15. The molecule has 0 fully saturated rings. The van der Waals surface area contributed by atoms with Crippen LogP contribution in [-0.4, -0.2) is 18.5 Å². The maximum Gasteiger partial charge on any atom is 0.394 e. The quantitative estimate of drug-likeness (QED) is 0.562. The zero-order valence-electron chi connectivity index (χ0n) is 5.11. The molecular formula is C5H6F3NO. The highest BCUT2D eigenvalue weighted by molar-refractivity contribution is 5.85. The van der Waals surface area contributed by atoms with E-state index in [1.54, 1.807) is 0 Å². The largest absolute Gasteiger partial charge is 0.395 e. The number of alkyl halides is 3. The molecule has 0 aromatic carbocycles. The van der Waals surface area contributed by atoms with E-state index in [4.69, 9.17) is 0 Å². The number of hydrogen-bond donors (Lipinski definition) is 0. The molecule has 0 amide bonds. The van der Waals surface area contributed by atoms with Crippen molar-refractivity contribution in [2.75, 3.05) is 6.61 Å². The lowest BCUT2D eigenvalue weighted by molar-refractivity contribution is -0.121. The van der Waals surface area contributed by atoms with Crippen molar-refractivity contribution in [3.63, 3.8) is 0 Å². The molecule has 1 aliphatic rings. The van der Waals surface area contributed by atoms with Gasteiger partial charge in [-0.15, -0.1) is 0 Å². The number of oxime groups is 1. The van der Waals surface area contributed by atoms with Gasteiger partial charge < -0.3 is 4.84 Å². The lowest BCUT2D eigenvalue weighted by Gasteiger charge is -2.02. The second kappa shape index (κ2) is 2.48. The van der Waals surface area contributed by atoms with Crippen molar-refractivity contribution in [2.45, 2.75) is 19.0 Å². The number of hydrogen-bond acceptors (Lipinski definition) is 2. The van der Waals surface area contributed by atoms with Gasteiger partial charge in [-0.1, -0.05) is 5.16 Å². The Kier molecular flexibility index (Phi) is 1.82. The van der Waals surface area contributed by atoms with Gasteiger partial charge in [0.15, 0.2) is 0 Å². The summed E-state index contributed by atoms with van der Waals surface area (Å²) in [5.41, 5.74) is 0.0903. The summed E-state index contributed by atoms with van der Waals surface area (Å²) in [5, 5.41) is 3.22. The average Bonchev–Trinajstić information content (AvgIpc) is 2.12. The average molecular weight is 153 g/mol. The summed E-state index contributed by atoms with van der Waals surface area (Å²) >= 11 is 0. The van der Waals surface area contributed by atoms with Crippen LogP contribution in [0.2, 0.25) is 0 Å². The molecule has 1 aliphatic heterocycles. The summed E-state index contributed by atoms with van der Waals surface area (Å²) < 4.78 is 34.7. The Labute approximate surface area is 55.7 Å². The predicted octanol–water partition coefficient (Wildman–Crippen LogP) is 1.72. The molecule has 0 unspecified atom stereocenters. The molecule has 2 nitrogen and oxygen atoms in total. The fraction of sp³-hybridized carbons (Fsp3) is 0.800. The Hall–Kier alpha value is -0.740. The molecule has 0 aromatic heterocycles. The fourth-order valence-corrected chi connectivity index (χ4v) is 0.698. The third kappa shape index (κ3) is 2.24. The first-order valence-electron chi connectivity index (χ1n) is 2.82. The lowest BCUT2D eigenvalue weighted by Crippen LogP contribution is -2.13. The number of halogens is 3. The van der Waals surface area contributed by atoms with Gasteiger partial charge in [0.25, 0.3) is 0 Å². The SMILES string of the molecule is FC(F)(F)CC1=NOCC1. The number of rotatable bonds is 1. The Morgan fingerprint density at radius 2 is 2.20 bits per heavy atom. The standard InChI is InChI=1S/C5H6F3NO/c6-5(7,8)3-4-1-2-10-9-4/h1-3H2. The van der Waals surface area contributed by atoms with Gasteiger partial charge in [-0.25, -0.2) is 0 Å². The molecule has 0 saturated carbocycles. The second-order valence-electron chi connectivity index (χ2n) is 2.03. The third-order valence-electron chi connectivity index (χ3n) is 1.08. The summed E-state index contributed by atoms with van der Waals surface area (Å²) in [6, 6.07) is 0. The van der Waals surface area contributed by atoms with Crippen molar-refractivity contribution in [2.24, 2.45) is 5.16 Å². The Balaban J connectivity index is 2.38. The van der Waals surface area contributed by atoms with Crippen molar-refractivity contribution >= 4 is 5.71 Å². The first-order valence-corrected chi connectivity index (χ1v) is 2.82. The molecule has 0 spiro atoms.